The van der Waals surface area contributed by atoms with Crippen molar-refractivity contribution >= 4 is 35.2 Å². The number of esters is 1. The first-order valence-electron chi connectivity index (χ1n) is 3.80. The number of methoxy groups -OCH3 is 1. The summed E-state index contributed by atoms with van der Waals surface area (Å²) in [5.41, 5.74) is 0.969. The van der Waals surface area contributed by atoms with Gasteiger partial charge in [0, 0.05) is 0 Å². The molecule has 0 aliphatic carbocycles. The van der Waals surface area contributed by atoms with E-state index in [0.717, 1.165) is 0 Å². The fourth-order valence-corrected chi connectivity index (χ4v) is 1.41. The first-order chi connectivity index (χ1) is 6.60. The van der Waals surface area contributed by atoms with E-state index in [1.54, 1.807) is 6.07 Å². The van der Waals surface area contributed by atoms with E-state index in [0.29, 0.717) is 21.2 Å². The van der Waals surface area contributed by atoms with Gasteiger partial charge in [0.1, 0.15) is 0 Å². The first-order valence-corrected chi connectivity index (χ1v) is 4.55. The number of carbonyl (C=O) groups is 1. The third-order valence-electron chi connectivity index (χ3n) is 1.70. The lowest BCUT2D eigenvalue weighted by molar-refractivity contribution is 0.0600. The van der Waals surface area contributed by atoms with Crippen LogP contribution in [0.5, 0.6) is 0 Å². The Hall–Kier alpha value is -0.990. The van der Waals surface area contributed by atoms with Crippen LogP contribution in [0.1, 0.15) is 15.9 Å². The zero-order valence-electron chi connectivity index (χ0n) is 7.51. The minimum absolute atomic E-state index is 0.310. The molecule has 0 fully saturated rings. The van der Waals surface area contributed by atoms with E-state index in [9.17, 15) is 4.79 Å². The highest BCUT2D eigenvalue weighted by atomic mass is 35.5. The summed E-state index contributed by atoms with van der Waals surface area (Å²) < 4.78 is 4.56. The van der Waals surface area contributed by atoms with Crippen molar-refractivity contribution in [2.75, 3.05) is 7.11 Å². The minimum Gasteiger partial charge on any atom is -0.465 e. The molecule has 2 nitrogen and oxygen atoms in total. The Bertz CT molecular complexity index is 386. The maximum absolute atomic E-state index is 11.2. The molecule has 1 rings (SSSR count). The fourth-order valence-electron chi connectivity index (χ4n) is 0.995. The van der Waals surface area contributed by atoms with Crippen LogP contribution in [-0.2, 0) is 4.74 Å². The van der Waals surface area contributed by atoms with Crippen molar-refractivity contribution in [3.63, 3.8) is 0 Å². The topological polar surface area (TPSA) is 26.3 Å². The number of hydrogen-bond donors (Lipinski definition) is 0. The molecule has 4 heteroatoms. The summed E-state index contributed by atoms with van der Waals surface area (Å²) in [4.78, 5) is 11.2. The molecule has 0 aromatic heterocycles. The normalized spacial score (nSPS) is 9.64. The van der Waals surface area contributed by atoms with Gasteiger partial charge in [0.05, 0.1) is 22.7 Å². The van der Waals surface area contributed by atoms with Gasteiger partial charge < -0.3 is 4.74 Å². The number of hydrogen-bond acceptors (Lipinski definition) is 2. The smallest absolute Gasteiger partial charge is 0.337 e. The Balaban J connectivity index is 3.29. The minimum atomic E-state index is -0.452. The molecule has 0 saturated carbocycles. The number of halogens is 2. The summed E-state index contributed by atoms with van der Waals surface area (Å²) in [6.07, 6.45) is 1.53. The van der Waals surface area contributed by atoms with Gasteiger partial charge in [0.2, 0.25) is 0 Å². The van der Waals surface area contributed by atoms with Crippen LogP contribution in [0.25, 0.3) is 6.08 Å². The van der Waals surface area contributed by atoms with Gasteiger partial charge in [-0.15, -0.1) is 0 Å². The van der Waals surface area contributed by atoms with Crippen molar-refractivity contribution in [1.29, 1.82) is 0 Å². The molecule has 74 valence electrons. The summed E-state index contributed by atoms with van der Waals surface area (Å²) in [6.45, 7) is 3.56. The lowest BCUT2D eigenvalue weighted by Gasteiger charge is -2.04. The SMILES string of the molecule is C=Cc1cc(C(=O)OC)cc(Cl)c1Cl. The van der Waals surface area contributed by atoms with Gasteiger partial charge in [-0.3, -0.25) is 0 Å². The standard InChI is InChI=1S/C10H8Cl2O2/c1-3-6-4-7(10(13)14-2)5-8(11)9(6)12/h3-5H,1H2,2H3. The molecule has 0 heterocycles. The molecule has 0 N–H and O–H groups in total. The van der Waals surface area contributed by atoms with E-state index < -0.39 is 5.97 Å². The zero-order valence-corrected chi connectivity index (χ0v) is 9.02. The second-order valence-electron chi connectivity index (χ2n) is 2.56. The maximum atomic E-state index is 11.2. The molecule has 0 aliphatic rings. The second-order valence-corrected chi connectivity index (χ2v) is 3.34. The molecule has 0 radical (unpaired) electrons. The van der Waals surface area contributed by atoms with Crippen molar-refractivity contribution in [2.45, 2.75) is 0 Å². The lowest BCUT2D eigenvalue weighted by Crippen LogP contribution is -2.01. The monoisotopic (exact) mass is 230 g/mol. The molecule has 1 aromatic carbocycles. The van der Waals surface area contributed by atoms with Crippen molar-refractivity contribution in [3.8, 4) is 0 Å². The third-order valence-corrected chi connectivity index (χ3v) is 2.51. The molecule has 0 amide bonds. The maximum Gasteiger partial charge on any atom is 0.337 e. The highest BCUT2D eigenvalue weighted by Gasteiger charge is 2.10. The molecule has 0 aliphatic heterocycles. The van der Waals surface area contributed by atoms with Crippen LogP contribution in [0.4, 0.5) is 0 Å². The molecule has 0 bridgehead atoms. The van der Waals surface area contributed by atoms with Crippen LogP contribution in [0.2, 0.25) is 10.0 Å². The molecule has 0 atom stereocenters. The predicted molar refractivity (Wildman–Crippen MR) is 57.9 cm³/mol. The molecule has 14 heavy (non-hydrogen) atoms. The number of benzene rings is 1. The van der Waals surface area contributed by atoms with Gasteiger partial charge in [-0.1, -0.05) is 35.9 Å². The molecule has 0 saturated heterocycles. The van der Waals surface area contributed by atoms with E-state index in [1.807, 2.05) is 0 Å². The Morgan fingerprint density at radius 1 is 1.50 bits per heavy atom. The van der Waals surface area contributed by atoms with Gasteiger partial charge in [0.25, 0.3) is 0 Å². The van der Waals surface area contributed by atoms with Crippen LogP contribution < -0.4 is 0 Å². The van der Waals surface area contributed by atoms with Crippen LogP contribution in [0.15, 0.2) is 18.7 Å². The van der Waals surface area contributed by atoms with Crippen LogP contribution in [0.3, 0.4) is 0 Å². The van der Waals surface area contributed by atoms with Crippen molar-refractivity contribution in [2.24, 2.45) is 0 Å². The third kappa shape index (κ3) is 2.08. The number of ether oxygens (including phenoxy) is 1. The quantitative estimate of drug-likeness (QED) is 0.729. The van der Waals surface area contributed by atoms with E-state index in [2.05, 4.69) is 11.3 Å². The number of carbonyl (C=O) groups excluding carboxylic acids is 1. The summed E-state index contributed by atoms with van der Waals surface area (Å²) in [7, 11) is 1.30. The Labute approximate surface area is 92.1 Å². The van der Waals surface area contributed by atoms with Crippen molar-refractivity contribution < 1.29 is 9.53 Å². The summed E-state index contributed by atoms with van der Waals surface area (Å²) in [5.74, 6) is -0.452. The van der Waals surface area contributed by atoms with E-state index >= 15 is 0 Å². The second kappa shape index (κ2) is 4.49. The van der Waals surface area contributed by atoms with Gasteiger partial charge in [0.15, 0.2) is 0 Å². The summed E-state index contributed by atoms with van der Waals surface area (Å²) in [5, 5.41) is 0.693. The van der Waals surface area contributed by atoms with Crippen molar-refractivity contribution in [3.05, 3.63) is 39.9 Å². The molecule has 0 spiro atoms. The summed E-state index contributed by atoms with van der Waals surface area (Å²) >= 11 is 11.7. The van der Waals surface area contributed by atoms with Gasteiger partial charge >= 0.3 is 5.97 Å². The Kier molecular flexibility index (Phi) is 3.55. The van der Waals surface area contributed by atoms with E-state index in [1.165, 1.54) is 19.3 Å². The highest BCUT2D eigenvalue weighted by molar-refractivity contribution is 6.43. The van der Waals surface area contributed by atoms with Crippen molar-refractivity contribution in [1.82, 2.24) is 0 Å². The Morgan fingerprint density at radius 2 is 2.14 bits per heavy atom. The predicted octanol–water partition coefficient (Wildman–Crippen LogP) is 3.42. The van der Waals surface area contributed by atoms with Crippen LogP contribution in [-0.4, -0.2) is 13.1 Å². The zero-order chi connectivity index (χ0) is 10.7. The van der Waals surface area contributed by atoms with E-state index in [4.69, 9.17) is 23.2 Å². The molecule has 1 aromatic rings. The van der Waals surface area contributed by atoms with E-state index in [-0.39, 0.29) is 0 Å². The average molecular weight is 231 g/mol. The van der Waals surface area contributed by atoms with Gasteiger partial charge in [-0.25, -0.2) is 4.79 Å². The first kappa shape index (κ1) is 11.1. The molecule has 0 unspecified atom stereocenters. The molecular formula is C10H8Cl2O2. The Morgan fingerprint density at radius 3 is 2.64 bits per heavy atom. The summed E-state index contributed by atoms with van der Waals surface area (Å²) in [6, 6.07) is 3.04. The van der Waals surface area contributed by atoms with Crippen LogP contribution >= 0.6 is 23.2 Å². The fraction of sp³-hybridized carbons (Fsp3) is 0.100. The van der Waals surface area contributed by atoms with Crippen LogP contribution in [0, 0.1) is 0 Å². The van der Waals surface area contributed by atoms with Gasteiger partial charge in [-0.05, 0) is 17.7 Å². The van der Waals surface area contributed by atoms with Gasteiger partial charge in [-0.2, -0.15) is 0 Å². The number of rotatable bonds is 2. The lowest BCUT2D eigenvalue weighted by atomic mass is 10.1. The largest absolute Gasteiger partial charge is 0.465 e. The average Bonchev–Trinajstić information content (AvgIpc) is 2.20. The molecular weight excluding hydrogens is 223 g/mol. The highest BCUT2D eigenvalue weighted by Crippen LogP contribution is 2.28.